The average Bonchev–Trinajstić information content (AvgIpc) is 2.73. The smallest absolute Gasteiger partial charge is 0.323 e. The van der Waals surface area contributed by atoms with Gasteiger partial charge in [-0.05, 0) is 29.3 Å². The first-order chi connectivity index (χ1) is 14.0. The Morgan fingerprint density at radius 1 is 1.31 bits per heavy atom. The number of carbonyl (C=O) groups is 2. The Kier molecular flexibility index (Phi) is 6.29. The molecule has 0 saturated carbocycles. The van der Waals surface area contributed by atoms with Gasteiger partial charge in [0.15, 0.2) is 0 Å². The molecule has 0 saturated heterocycles. The highest BCUT2D eigenvalue weighted by molar-refractivity contribution is 5.93. The standard InChI is InChI=1S/C22H25N5O2/c1-23-19(12-16-7-5-4-6-8-16)15-26(2)20(28)10-9-17-11-18-14-27(3)22(29)25-21(18)24-13-17/h4-13,23H,14-15H2,1-3H3,(H,24,25,29)/b10-9+,19-12-. The summed E-state index contributed by atoms with van der Waals surface area (Å²) in [7, 11) is 5.33. The van der Waals surface area contributed by atoms with Crippen LogP contribution in [0.5, 0.6) is 0 Å². The highest BCUT2D eigenvalue weighted by atomic mass is 16.2. The van der Waals surface area contributed by atoms with Gasteiger partial charge in [0.05, 0.1) is 13.1 Å². The zero-order valence-corrected chi connectivity index (χ0v) is 16.8. The van der Waals surface area contributed by atoms with Crippen LogP contribution in [0.1, 0.15) is 16.7 Å². The number of likely N-dealkylation sites (N-methyl/N-ethyl adjacent to an activating group) is 2. The van der Waals surface area contributed by atoms with Gasteiger partial charge in [-0.25, -0.2) is 9.78 Å². The third kappa shape index (κ3) is 5.22. The summed E-state index contributed by atoms with van der Waals surface area (Å²) >= 11 is 0. The Bertz CT molecular complexity index is 953. The van der Waals surface area contributed by atoms with Gasteiger partial charge in [-0.1, -0.05) is 30.3 Å². The van der Waals surface area contributed by atoms with E-state index in [-0.39, 0.29) is 11.9 Å². The molecule has 1 aliphatic rings. The van der Waals surface area contributed by atoms with Crippen LogP contribution in [-0.2, 0) is 11.3 Å². The molecule has 1 aromatic heterocycles. The molecule has 1 aromatic carbocycles. The Labute approximate surface area is 170 Å². The molecule has 0 spiro atoms. The molecule has 0 radical (unpaired) electrons. The number of anilines is 1. The average molecular weight is 391 g/mol. The summed E-state index contributed by atoms with van der Waals surface area (Å²) < 4.78 is 0. The molecular weight excluding hydrogens is 366 g/mol. The van der Waals surface area contributed by atoms with Crippen LogP contribution in [0.2, 0.25) is 0 Å². The number of nitrogens with zero attached hydrogens (tertiary/aromatic N) is 3. The fraction of sp³-hybridized carbons (Fsp3) is 0.227. The van der Waals surface area contributed by atoms with Gasteiger partial charge in [0.25, 0.3) is 0 Å². The van der Waals surface area contributed by atoms with E-state index in [0.29, 0.717) is 18.9 Å². The van der Waals surface area contributed by atoms with E-state index in [1.807, 2.05) is 49.5 Å². The lowest BCUT2D eigenvalue weighted by molar-refractivity contribution is -0.124. The maximum Gasteiger partial charge on any atom is 0.323 e. The third-order valence-electron chi connectivity index (χ3n) is 4.63. The number of pyridine rings is 1. The van der Waals surface area contributed by atoms with Crippen molar-refractivity contribution in [2.45, 2.75) is 6.54 Å². The minimum atomic E-state index is -0.172. The van der Waals surface area contributed by atoms with Crippen LogP contribution in [0, 0.1) is 0 Å². The van der Waals surface area contributed by atoms with E-state index in [2.05, 4.69) is 15.6 Å². The first-order valence-corrected chi connectivity index (χ1v) is 9.34. The Morgan fingerprint density at radius 3 is 2.79 bits per heavy atom. The molecule has 0 fully saturated rings. The molecule has 3 rings (SSSR count). The van der Waals surface area contributed by atoms with Crippen molar-refractivity contribution >= 4 is 29.9 Å². The van der Waals surface area contributed by atoms with Gasteiger partial charge >= 0.3 is 6.03 Å². The number of rotatable bonds is 6. The Balaban J connectivity index is 1.65. The minimum absolute atomic E-state index is 0.109. The van der Waals surface area contributed by atoms with Gasteiger partial charge in [-0.15, -0.1) is 0 Å². The van der Waals surface area contributed by atoms with E-state index < -0.39 is 0 Å². The molecule has 150 valence electrons. The van der Waals surface area contributed by atoms with Crippen molar-refractivity contribution in [3.63, 3.8) is 0 Å². The molecule has 2 aromatic rings. The maximum absolute atomic E-state index is 12.5. The molecule has 2 N–H and O–H groups in total. The normalized spacial score (nSPS) is 13.8. The summed E-state index contributed by atoms with van der Waals surface area (Å²) in [6.07, 6.45) is 6.93. The molecule has 3 amide bonds. The van der Waals surface area contributed by atoms with E-state index >= 15 is 0 Å². The lowest BCUT2D eigenvalue weighted by Crippen LogP contribution is -2.35. The maximum atomic E-state index is 12.5. The van der Waals surface area contributed by atoms with Crippen molar-refractivity contribution in [1.29, 1.82) is 0 Å². The summed E-state index contributed by atoms with van der Waals surface area (Å²) in [6.45, 7) is 0.952. The zero-order valence-electron chi connectivity index (χ0n) is 16.8. The zero-order chi connectivity index (χ0) is 20.8. The van der Waals surface area contributed by atoms with Crippen LogP contribution in [0.25, 0.3) is 12.2 Å². The summed E-state index contributed by atoms with van der Waals surface area (Å²) in [6, 6.07) is 11.7. The van der Waals surface area contributed by atoms with E-state index in [1.54, 1.807) is 36.2 Å². The van der Waals surface area contributed by atoms with Crippen LogP contribution < -0.4 is 10.6 Å². The quantitative estimate of drug-likeness (QED) is 0.743. The highest BCUT2D eigenvalue weighted by Gasteiger charge is 2.20. The second-order valence-corrected chi connectivity index (χ2v) is 6.92. The third-order valence-corrected chi connectivity index (χ3v) is 4.63. The fourth-order valence-electron chi connectivity index (χ4n) is 2.95. The summed E-state index contributed by atoms with van der Waals surface area (Å²) in [5, 5.41) is 5.88. The SMILES string of the molecule is CN/C(=C\c1ccccc1)CN(C)C(=O)/C=C/c1cnc2c(c1)CN(C)C(=O)N2. The van der Waals surface area contributed by atoms with E-state index in [4.69, 9.17) is 0 Å². The van der Waals surface area contributed by atoms with Crippen LogP contribution in [0.3, 0.4) is 0 Å². The molecule has 2 heterocycles. The first kappa shape index (κ1) is 20.1. The number of benzene rings is 1. The number of amides is 3. The number of aromatic nitrogens is 1. The highest BCUT2D eigenvalue weighted by Crippen LogP contribution is 2.21. The van der Waals surface area contributed by atoms with Gasteiger partial charge in [0.1, 0.15) is 5.82 Å². The largest absolute Gasteiger partial charge is 0.390 e. The van der Waals surface area contributed by atoms with Crippen LogP contribution in [-0.4, -0.2) is 54.4 Å². The summed E-state index contributed by atoms with van der Waals surface area (Å²) in [4.78, 5) is 31.7. The van der Waals surface area contributed by atoms with Crippen LogP contribution in [0.4, 0.5) is 10.6 Å². The molecule has 0 aliphatic carbocycles. The number of hydrogen-bond acceptors (Lipinski definition) is 4. The molecule has 7 nitrogen and oxygen atoms in total. The molecular formula is C22H25N5O2. The molecule has 7 heteroatoms. The number of urea groups is 1. The van der Waals surface area contributed by atoms with Gasteiger partial charge in [-0.3, -0.25) is 10.1 Å². The van der Waals surface area contributed by atoms with Crippen LogP contribution >= 0.6 is 0 Å². The van der Waals surface area contributed by atoms with Crippen molar-refractivity contribution in [1.82, 2.24) is 20.1 Å². The molecule has 0 unspecified atom stereocenters. The first-order valence-electron chi connectivity index (χ1n) is 9.34. The Morgan fingerprint density at radius 2 is 2.07 bits per heavy atom. The number of hydrogen-bond donors (Lipinski definition) is 2. The summed E-state index contributed by atoms with van der Waals surface area (Å²) in [5.41, 5.74) is 3.74. The Hall–Kier alpha value is -3.61. The fourth-order valence-corrected chi connectivity index (χ4v) is 2.95. The topological polar surface area (TPSA) is 77.6 Å². The van der Waals surface area contributed by atoms with E-state index in [1.165, 1.54) is 6.08 Å². The summed E-state index contributed by atoms with van der Waals surface area (Å²) in [5.74, 6) is 0.459. The molecule has 0 atom stereocenters. The monoisotopic (exact) mass is 391 g/mol. The van der Waals surface area contributed by atoms with Gasteiger partial charge in [0, 0.05) is 44.7 Å². The van der Waals surface area contributed by atoms with Gasteiger partial charge in [-0.2, -0.15) is 0 Å². The molecule has 0 bridgehead atoms. The number of carbonyl (C=O) groups excluding carboxylic acids is 2. The van der Waals surface area contributed by atoms with Crippen molar-refractivity contribution in [2.75, 3.05) is 33.0 Å². The van der Waals surface area contributed by atoms with Gasteiger partial charge in [0.2, 0.25) is 5.91 Å². The molecule has 1 aliphatic heterocycles. The van der Waals surface area contributed by atoms with E-state index in [0.717, 1.165) is 22.4 Å². The second kappa shape index (κ2) is 9.05. The van der Waals surface area contributed by atoms with E-state index in [9.17, 15) is 9.59 Å². The predicted octanol–water partition coefficient (Wildman–Crippen LogP) is 2.79. The number of nitrogens with one attached hydrogen (secondary N) is 2. The van der Waals surface area contributed by atoms with Crippen LogP contribution in [0.15, 0.2) is 54.4 Å². The van der Waals surface area contributed by atoms with Crippen molar-refractivity contribution in [2.24, 2.45) is 0 Å². The number of fused-ring (bicyclic) bond motifs is 1. The lowest BCUT2D eigenvalue weighted by atomic mass is 10.1. The van der Waals surface area contributed by atoms with Crippen molar-refractivity contribution < 1.29 is 9.59 Å². The van der Waals surface area contributed by atoms with Crippen molar-refractivity contribution in [3.8, 4) is 0 Å². The second-order valence-electron chi connectivity index (χ2n) is 6.92. The minimum Gasteiger partial charge on any atom is -0.390 e. The van der Waals surface area contributed by atoms with Crippen molar-refractivity contribution in [3.05, 3.63) is 71.1 Å². The molecule has 29 heavy (non-hydrogen) atoms. The van der Waals surface area contributed by atoms with Gasteiger partial charge < -0.3 is 15.1 Å². The lowest BCUT2D eigenvalue weighted by Gasteiger charge is -2.25. The predicted molar refractivity (Wildman–Crippen MR) is 115 cm³/mol.